The van der Waals surface area contributed by atoms with Crippen molar-refractivity contribution in [2.45, 2.75) is 6.54 Å². The molecule has 0 saturated heterocycles. The van der Waals surface area contributed by atoms with E-state index in [-0.39, 0.29) is 0 Å². The Kier molecular flexibility index (Phi) is 3.58. The Hall–Kier alpha value is -1.62. The Morgan fingerprint density at radius 3 is 2.76 bits per heavy atom. The van der Waals surface area contributed by atoms with Gasteiger partial charge in [0, 0.05) is 30.5 Å². The van der Waals surface area contributed by atoms with E-state index in [0.29, 0.717) is 11.6 Å². The highest BCUT2D eigenvalue weighted by Gasteiger charge is 2.07. The number of hydrogen-bond donors (Lipinski definition) is 1. The van der Waals surface area contributed by atoms with Crippen molar-refractivity contribution in [2.75, 3.05) is 17.7 Å². The highest BCUT2D eigenvalue weighted by molar-refractivity contribution is 9.10. The van der Waals surface area contributed by atoms with Gasteiger partial charge in [0.2, 0.25) is 0 Å². The minimum absolute atomic E-state index is 0.449. The topological polar surface area (TPSA) is 55.0 Å². The number of aromatic nitrogens is 2. The molecule has 1 aromatic carbocycles. The molecular weight excluding hydrogens is 280 g/mol. The molecule has 0 fully saturated rings. The summed E-state index contributed by atoms with van der Waals surface area (Å²) in [4.78, 5) is 10.2. The molecule has 2 aromatic rings. The zero-order valence-electron chi connectivity index (χ0n) is 9.47. The number of halogens is 1. The Balaban J connectivity index is 2.17. The van der Waals surface area contributed by atoms with Crippen LogP contribution in [0, 0.1) is 0 Å². The molecule has 5 heteroatoms. The minimum Gasteiger partial charge on any atom is -0.381 e. The summed E-state index contributed by atoms with van der Waals surface area (Å²) in [5, 5.41) is 0. The van der Waals surface area contributed by atoms with E-state index in [0.717, 1.165) is 11.0 Å². The first-order chi connectivity index (χ1) is 8.16. The molecule has 2 rings (SSSR count). The molecule has 0 spiro atoms. The van der Waals surface area contributed by atoms with Crippen molar-refractivity contribution in [3.8, 4) is 0 Å². The van der Waals surface area contributed by atoms with Crippen LogP contribution in [0.15, 0.2) is 41.1 Å². The van der Waals surface area contributed by atoms with Gasteiger partial charge >= 0.3 is 0 Å². The molecule has 2 N–H and O–H groups in total. The van der Waals surface area contributed by atoms with Gasteiger partial charge in [-0.1, -0.05) is 28.1 Å². The van der Waals surface area contributed by atoms with E-state index in [2.05, 4.69) is 38.0 Å². The lowest BCUT2D eigenvalue weighted by Crippen LogP contribution is -2.19. The van der Waals surface area contributed by atoms with Gasteiger partial charge in [-0.05, 0) is 17.7 Å². The smallest absolute Gasteiger partial charge is 0.171 e. The van der Waals surface area contributed by atoms with Crippen molar-refractivity contribution < 1.29 is 0 Å². The van der Waals surface area contributed by atoms with Crippen molar-refractivity contribution in [1.29, 1.82) is 0 Å². The van der Waals surface area contributed by atoms with Gasteiger partial charge in [-0.2, -0.15) is 0 Å². The maximum absolute atomic E-state index is 5.78. The van der Waals surface area contributed by atoms with Crippen LogP contribution in [0.1, 0.15) is 5.56 Å². The standard InChI is InChI=1S/C12H13BrN4/c1-17(12-11(14)15-5-6-16-12)8-9-3-2-4-10(13)7-9/h2-7H,8H2,1H3,(H2,14,15). The normalized spacial score (nSPS) is 10.2. The van der Waals surface area contributed by atoms with Crippen LogP contribution in [0.25, 0.3) is 0 Å². The fourth-order valence-corrected chi connectivity index (χ4v) is 2.07. The van der Waals surface area contributed by atoms with Gasteiger partial charge in [0.15, 0.2) is 11.6 Å². The van der Waals surface area contributed by atoms with E-state index in [9.17, 15) is 0 Å². The number of nitrogen functional groups attached to an aromatic ring is 1. The van der Waals surface area contributed by atoms with Gasteiger partial charge in [-0.3, -0.25) is 0 Å². The molecule has 0 atom stereocenters. The number of benzene rings is 1. The van der Waals surface area contributed by atoms with E-state index in [1.54, 1.807) is 12.4 Å². The summed E-state index contributed by atoms with van der Waals surface area (Å²) in [7, 11) is 1.95. The lowest BCUT2D eigenvalue weighted by molar-refractivity contribution is 0.893. The summed E-state index contributed by atoms with van der Waals surface area (Å²) in [6.45, 7) is 0.738. The number of nitrogens with zero attached hydrogens (tertiary/aromatic N) is 3. The molecule has 0 aliphatic rings. The maximum Gasteiger partial charge on any atom is 0.171 e. The third-order valence-electron chi connectivity index (χ3n) is 2.38. The first kappa shape index (κ1) is 11.9. The predicted molar refractivity (Wildman–Crippen MR) is 72.7 cm³/mol. The van der Waals surface area contributed by atoms with Gasteiger partial charge in [0.25, 0.3) is 0 Å². The second kappa shape index (κ2) is 5.14. The highest BCUT2D eigenvalue weighted by Crippen LogP contribution is 2.19. The average molecular weight is 293 g/mol. The molecule has 1 aromatic heterocycles. The second-order valence-corrected chi connectivity index (χ2v) is 4.67. The highest BCUT2D eigenvalue weighted by atomic mass is 79.9. The van der Waals surface area contributed by atoms with Gasteiger partial charge < -0.3 is 10.6 Å². The molecule has 0 saturated carbocycles. The van der Waals surface area contributed by atoms with Crippen LogP contribution in [0.2, 0.25) is 0 Å². The number of nitrogens with two attached hydrogens (primary N) is 1. The van der Waals surface area contributed by atoms with Crippen LogP contribution >= 0.6 is 15.9 Å². The molecular formula is C12H13BrN4. The maximum atomic E-state index is 5.78. The Bertz CT molecular complexity index is 515. The summed E-state index contributed by atoms with van der Waals surface area (Å²) in [5.41, 5.74) is 6.97. The van der Waals surface area contributed by atoms with Gasteiger partial charge in [0.1, 0.15) is 0 Å². The van der Waals surface area contributed by atoms with Crippen LogP contribution in [0.3, 0.4) is 0 Å². The molecule has 0 aliphatic carbocycles. The van der Waals surface area contributed by atoms with Crippen molar-refractivity contribution in [3.05, 3.63) is 46.7 Å². The van der Waals surface area contributed by atoms with Crippen LogP contribution < -0.4 is 10.6 Å². The molecule has 0 amide bonds. The van der Waals surface area contributed by atoms with E-state index in [4.69, 9.17) is 5.73 Å². The summed E-state index contributed by atoms with van der Waals surface area (Å²) in [6.07, 6.45) is 3.23. The van der Waals surface area contributed by atoms with Crippen LogP contribution in [0.4, 0.5) is 11.6 Å². The number of anilines is 2. The minimum atomic E-state index is 0.449. The average Bonchev–Trinajstić information content (AvgIpc) is 2.29. The van der Waals surface area contributed by atoms with Gasteiger partial charge in [-0.25, -0.2) is 9.97 Å². The second-order valence-electron chi connectivity index (χ2n) is 3.75. The van der Waals surface area contributed by atoms with Gasteiger partial charge in [0.05, 0.1) is 0 Å². The van der Waals surface area contributed by atoms with E-state index in [1.165, 1.54) is 5.56 Å². The van der Waals surface area contributed by atoms with Crippen molar-refractivity contribution in [3.63, 3.8) is 0 Å². The molecule has 88 valence electrons. The first-order valence-corrected chi connectivity index (χ1v) is 5.98. The van der Waals surface area contributed by atoms with Gasteiger partial charge in [-0.15, -0.1) is 0 Å². The van der Waals surface area contributed by atoms with E-state index < -0.39 is 0 Å². The molecule has 0 aliphatic heterocycles. The summed E-state index contributed by atoms with van der Waals surface area (Å²) >= 11 is 3.45. The quantitative estimate of drug-likeness (QED) is 0.944. The van der Waals surface area contributed by atoms with E-state index >= 15 is 0 Å². The lowest BCUT2D eigenvalue weighted by Gasteiger charge is -2.19. The molecule has 4 nitrogen and oxygen atoms in total. The lowest BCUT2D eigenvalue weighted by atomic mass is 10.2. The third kappa shape index (κ3) is 2.94. The fraction of sp³-hybridized carbons (Fsp3) is 0.167. The predicted octanol–water partition coefficient (Wildman–Crippen LogP) is 2.46. The van der Waals surface area contributed by atoms with Crippen LogP contribution in [0.5, 0.6) is 0 Å². The van der Waals surface area contributed by atoms with Crippen molar-refractivity contribution in [1.82, 2.24) is 9.97 Å². The third-order valence-corrected chi connectivity index (χ3v) is 2.87. The molecule has 0 radical (unpaired) electrons. The monoisotopic (exact) mass is 292 g/mol. The molecule has 1 heterocycles. The Morgan fingerprint density at radius 2 is 2.06 bits per heavy atom. The molecule has 17 heavy (non-hydrogen) atoms. The Morgan fingerprint density at radius 1 is 1.29 bits per heavy atom. The number of hydrogen-bond acceptors (Lipinski definition) is 4. The summed E-state index contributed by atoms with van der Waals surface area (Å²) in [6, 6.07) is 8.14. The first-order valence-electron chi connectivity index (χ1n) is 5.19. The van der Waals surface area contributed by atoms with Crippen LogP contribution in [-0.4, -0.2) is 17.0 Å². The summed E-state index contributed by atoms with van der Waals surface area (Å²) < 4.78 is 1.07. The largest absolute Gasteiger partial charge is 0.381 e. The van der Waals surface area contributed by atoms with Crippen molar-refractivity contribution in [2.24, 2.45) is 0 Å². The van der Waals surface area contributed by atoms with Crippen LogP contribution in [-0.2, 0) is 6.54 Å². The molecule has 0 unspecified atom stereocenters. The SMILES string of the molecule is CN(Cc1cccc(Br)c1)c1nccnc1N. The Labute approximate surface area is 109 Å². The van der Waals surface area contributed by atoms with Crippen molar-refractivity contribution >= 4 is 27.6 Å². The molecule has 0 bridgehead atoms. The zero-order chi connectivity index (χ0) is 12.3. The zero-order valence-corrected chi connectivity index (χ0v) is 11.1. The summed E-state index contributed by atoms with van der Waals surface area (Å²) in [5.74, 6) is 1.15. The fourth-order valence-electron chi connectivity index (χ4n) is 1.62. The van der Waals surface area contributed by atoms with E-state index in [1.807, 2.05) is 24.1 Å². The number of rotatable bonds is 3.